The average molecular weight is 407 g/mol. The van der Waals surface area contributed by atoms with E-state index < -0.39 is 0 Å². The largest absolute Gasteiger partial charge is 0.361 e. The van der Waals surface area contributed by atoms with Crippen molar-refractivity contribution in [2.45, 2.75) is 37.4 Å². The normalized spacial score (nSPS) is 23.9. The molecule has 2 aliphatic heterocycles. The number of halogens is 1. The summed E-state index contributed by atoms with van der Waals surface area (Å²) in [7, 11) is 0. The van der Waals surface area contributed by atoms with Gasteiger partial charge in [-0.15, -0.1) is 11.7 Å². The summed E-state index contributed by atoms with van der Waals surface area (Å²) in [6.45, 7) is 3.74. The van der Waals surface area contributed by atoms with Crippen LogP contribution in [0.5, 0.6) is 0 Å². The molecule has 0 aromatic heterocycles. The molecule has 1 amide bonds. The summed E-state index contributed by atoms with van der Waals surface area (Å²) in [5.41, 5.74) is 1.74. The maximum absolute atomic E-state index is 12.9. The van der Waals surface area contributed by atoms with Gasteiger partial charge in [-0.2, -0.15) is 0 Å². The molecule has 3 aliphatic rings. The number of nitrogens with zero attached hydrogens (tertiary/aromatic N) is 2. The fraction of sp³-hybridized carbons (Fsp3) is 0.412. The number of anilines is 1. The Hall–Kier alpha value is -1.47. The van der Waals surface area contributed by atoms with Crippen LogP contribution in [0.4, 0.5) is 5.69 Å². The molecule has 0 unspecified atom stereocenters. The number of thioether (sulfide) groups is 1. The third kappa shape index (κ3) is 2.54. The van der Waals surface area contributed by atoms with Gasteiger partial charge in [-0.25, -0.2) is 0 Å². The van der Waals surface area contributed by atoms with Gasteiger partial charge in [0.25, 0.3) is 5.91 Å². The Morgan fingerprint density at radius 1 is 1.46 bits per heavy atom. The van der Waals surface area contributed by atoms with Crippen LogP contribution in [-0.4, -0.2) is 27.5 Å². The Balaban J connectivity index is 1.81. The van der Waals surface area contributed by atoms with Crippen LogP contribution in [0.1, 0.15) is 37.3 Å². The first-order chi connectivity index (χ1) is 11.6. The van der Waals surface area contributed by atoms with E-state index in [1.54, 1.807) is 0 Å². The fourth-order valence-corrected chi connectivity index (χ4v) is 4.75. The van der Waals surface area contributed by atoms with Crippen molar-refractivity contribution in [3.63, 3.8) is 0 Å². The van der Waals surface area contributed by atoms with Crippen LogP contribution in [0.15, 0.2) is 40.4 Å². The summed E-state index contributed by atoms with van der Waals surface area (Å²) in [6.07, 6.45) is 6.10. The second-order valence-electron chi connectivity index (χ2n) is 6.34. The Kier molecular flexibility index (Phi) is 4.08. The first kappa shape index (κ1) is 16.0. The Labute approximate surface area is 154 Å². The number of hydrogen-bond donors (Lipinski definition) is 2. The van der Waals surface area contributed by atoms with E-state index in [1.165, 1.54) is 11.8 Å². The molecule has 1 aliphatic carbocycles. The first-order valence-electron chi connectivity index (χ1n) is 8.13. The summed E-state index contributed by atoms with van der Waals surface area (Å²) in [5.74, 6) is 0.712. The maximum Gasteiger partial charge on any atom is 0.255 e. The van der Waals surface area contributed by atoms with Crippen molar-refractivity contribution in [3.8, 4) is 0 Å². The van der Waals surface area contributed by atoms with E-state index in [0.29, 0.717) is 5.17 Å². The lowest BCUT2D eigenvalue weighted by Crippen LogP contribution is -2.60. The van der Waals surface area contributed by atoms with Crippen molar-refractivity contribution in [2.24, 2.45) is 5.10 Å². The molecule has 2 N–H and O–H groups in total. The van der Waals surface area contributed by atoms with Gasteiger partial charge < -0.3 is 10.6 Å². The summed E-state index contributed by atoms with van der Waals surface area (Å²) in [6, 6.07) is 5.69. The van der Waals surface area contributed by atoms with E-state index in [4.69, 9.17) is 5.10 Å². The Bertz CT molecular complexity index is 729. The number of carbonyl (C=O) groups is 1. The Morgan fingerprint density at radius 3 is 3.00 bits per heavy atom. The van der Waals surface area contributed by atoms with Gasteiger partial charge in [0.05, 0.1) is 0 Å². The maximum atomic E-state index is 12.9. The molecule has 5 nitrogen and oxygen atoms in total. The third-order valence-electron chi connectivity index (χ3n) is 4.80. The SMILES string of the molecule is C=CCSC1=NN2[C@H](C(=O)N1)c1cc(Br)ccc1NC21CCCC1. The van der Waals surface area contributed by atoms with E-state index in [-0.39, 0.29) is 17.6 Å². The summed E-state index contributed by atoms with van der Waals surface area (Å²) in [5, 5.41) is 14.1. The van der Waals surface area contributed by atoms with Gasteiger partial charge in [0, 0.05) is 21.5 Å². The van der Waals surface area contributed by atoms with Gasteiger partial charge in [-0.1, -0.05) is 33.8 Å². The zero-order valence-electron chi connectivity index (χ0n) is 13.2. The number of amides is 1. The first-order valence-corrected chi connectivity index (χ1v) is 9.91. The predicted octanol–water partition coefficient (Wildman–Crippen LogP) is 3.81. The van der Waals surface area contributed by atoms with Crippen molar-refractivity contribution >= 4 is 44.5 Å². The smallest absolute Gasteiger partial charge is 0.255 e. The monoisotopic (exact) mass is 406 g/mol. The van der Waals surface area contributed by atoms with Gasteiger partial charge in [0.2, 0.25) is 0 Å². The molecule has 0 bridgehead atoms. The number of nitrogens with one attached hydrogen (secondary N) is 2. The molecule has 1 aromatic rings. The minimum atomic E-state index is -0.384. The zero-order chi connectivity index (χ0) is 16.7. The highest BCUT2D eigenvalue weighted by atomic mass is 79.9. The minimum Gasteiger partial charge on any atom is -0.361 e. The standard InChI is InChI=1S/C17H19BrN4OS/c1-2-9-24-16-19-15(23)14-12-10-11(18)5-6-13(12)20-17(22(14)21-16)7-3-4-8-17/h2,5-6,10,14,20H,1,3-4,7-9H2,(H,19,21,23)/t14-/m0/s1. The third-order valence-corrected chi connectivity index (χ3v) is 6.16. The number of hydrogen-bond acceptors (Lipinski definition) is 5. The van der Waals surface area contributed by atoms with Crippen molar-refractivity contribution in [1.82, 2.24) is 10.3 Å². The Morgan fingerprint density at radius 2 is 2.25 bits per heavy atom. The highest BCUT2D eigenvalue weighted by Gasteiger charge is 2.51. The zero-order valence-corrected chi connectivity index (χ0v) is 15.6. The van der Waals surface area contributed by atoms with E-state index in [0.717, 1.165) is 47.2 Å². The quantitative estimate of drug-likeness (QED) is 0.733. The van der Waals surface area contributed by atoms with E-state index in [1.807, 2.05) is 23.2 Å². The molecule has 1 saturated carbocycles. The lowest BCUT2D eigenvalue weighted by molar-refractivity contribution is -0.129. The van der Waals surface area contributed by atoms with E-state index in [2.05, 4.69) is 39.2 Å². The van der Waals surface area contributed by atoms with Gasteiger partial charge in [0.1, 0.15) is 5.66 Å². The van der Waals surface area contributed by atoms with E-state index >= 15 is 0 Å². The molecule has 7 heteroatoms. The van der Waals surface area contributed by atoms with Crippen LogP contribution >= 0.6 is 27.7 Å². The molecule has 0 radical (unpaired) electrons. The molecule has 126 valence electrons. The van der Waals surface area contributed by atoms with Gasteiger partial charge in [-0.05, 0) is 43.9 Å². The van der Waals surface area contributed by atoms with Crippen LogP contribution in [-0.2, 0) is 4.79 Å². The molecular formula is C17H19BrN4OS. The predicted molar refractivity (Wildman–Crippen MR) is 102 cm³/mol. The second kappa shape index (κ2) is 6.11. The van der Waals surface area contributed by atoms with Crippen LogP contribution in [0.25, 0.3) is 0 Å². The van der Waals surface area contributed by atoms with Gasteiger partial charge in [0.15, 0.2) is 11.2 Å². The lowest BCUT2D eigenvalue weighted by atomic mass is 9.93. The topological polar surface area (TPSA) is 56.7 Å². The molecule has 0 saturated heterocycles. The van der Waals surface area contributed by atoms with Gasteiger partial charge >= 0.3 is 0 Å². The number of carbonyl (C=O) groups excluding carboxylic acids is 1. The molecule has 1 aromatic carbocycles. The average Bonchev–Trinajstić information content (AvgIpc) is 3.03. The number of hydrazone groups is 1. The highest BCUT2D eigenvalue weighted by molar-refractivity contribution is 9.10. The molecular weight excluding hydrogens is 388 g/mol. The van der Waals surface area contributed by atoms with Crippen LogP contribution in [0.2, 0.25) is 0 Å². The van der Waals surface area contributed by atoms with Crippen LogP contribution in [0, 0.1) is 0 Å². The molecule has 2 heterocycles. The van der Waals surface area contributed by atoms with Crippen molar-refractivity contribution < 1.29 is 4.79 Å². The summed E-state index contributed by atoms with van der Waals surface area (Å²) < 4.78 is 0.967. The number of amidine groups is 1. The minimum absolute atomic E-state index is 0.0105. The van der Waals surface area contributed by atoms with Crippen LogP contribution < -0.4 is 10.6 Å². The van der Waals surface area contributed by atoms with Crippen molar-refractivity contribution in [3.05, 3.63) is 40.9 Å². The highest BCUT2D eigenvalue weighted by Crippen LogP contribution is 2.48. The van der Waals surface area contributed by atoms with Crippen LogP contribution in [0.3, 0.4) is 0 Å². The van der Waals surface area contributed by atoms with Gasteiger partial charge in [-0.3, -0.25) is 9.80 Å². The molecule has 24 heavy (non-hydrogen) atoms. The number of benzene rings is 1. The van der Waals surface area contributed by atoms with Crippen molar-refractivity contribution in [2.75, 3.05) is 11.1 Å². The number of fused-ring (bicyclic) bond motifs is 4. The molecule has 1 atom stereocenters. The lowest BCUT2D eigenvalue weighted by Gasteiger charge is -2.50. The summed E-state index contributed by atoms with van der Waals surface area (Å²) >= 11 is 5.02. The second-order valence-corrected chi connectivity index (χ2v) is 8.26. The van der Waals surface area contributed by atoms with Crippen molar-refractivity contribution in [1.29, 1.82) is 0 Å². The molecule has 1 spiro atoms. The van der Waals surface area contributed by atoms with E-state index in [9.17, 15) is 4.79 Å². The molecule has 1 fully saturated rings. The number of rotatable bonds is 2. The fourth-order valence-electron chi connectivity index (χ4n) is 3.78. The molecule has 4 rings (SSSR count). The summed E-state index contributed by atoms with van der Waals surface area (Å²) in [4.78, 5) is 12.9.